The van der Waals surface area contributed by atoms with E-state index in [0.29, 0.717) is 5.15 Å². The van der Waals surface area contributed by atoms with Crippen molar-refractivity contribution in [1.82, 2.24) is 9.97 Å². The van der Waals surface area contributed by atoms with Gasteiger partial charge in [0.1, 0.15) is 10.8 Å². The summed E-state index contributed by atoms with van der Waals surface area (Å²) in [7, 11) is 1.76. The van der Waals surface area contributed by atoms with Crippen LogP contribution in [-0.2, 0) is 15.8 Å². The Labute approximate surface area is 140 Å². The van der Waals surface area contributed by atoms with Gasteiger partial charge in [0.15, 0.2) is 5.82 Å². The Morgan fingerprint density at radius 2 is 1.75 bits per heavy atom. The highest BCUT2D eigenvalue weighted by Crippen LogP contribution is 2.40. The first-order chi connectivity index (χ1) is 9.30. The van der Waals surface area contributed by atoms with Crippen molar-refractivity contribution < 1.29 is 4.74 Å². The maximum Gasteiger partial charge on any atom is 0.162 e. The molecule has 1 aromatic heterocycles. The standard InChI is InChI=1S/C15H22ClIN2O/c1-14(2,3)11-10(17)12(16)19-13(18-11)15(20-4)8-6-5-7-9-15/h5-9H2,1-4H3. The zero-order valence-corrected chi connectivity index (χ0v) is 15.5. The van der Waals surface area contributed by atoms with Crippen molar-refractivity contribution in [2.75, 3.05) is 7.11 Å². The lowest BCUT2D eigenvalue weighted by Crippen LogP contribution is -2.34. The highest BCUT2D eigenvalue weighted by molar-refractivity contribution is 14.1. The summed E-state index contributed by atoms with van der Waals surface area (Å²) in [4.78, 5) is 9.38. The van der Waals surface area contributed by atoms with E-state index in [1.54, 1.807) is 7.11 Å². The molecule has 0 bridgehead atoms. The molecule has 0 radical (unpaired) electrons. The molecule has 0 unspecified atom stereocenters. The molecular weight excluding hydrogens is 387 g/mol. The predicted molar refractivity (Wildman–Crippen MR) is 90.2 cm³/mol. The summed E-state index contributed by atoms with van der Waals surface area (Å²) >= 11 is 8.59. The van der Waals surface area contributed by atoms with Crippen molar-refractivity contribution in [1.29, 1.82) is 0 Å². The molecule has 1 aliphatic carbocycles. The molecule has 2 rings (SSSR count). The minimum absolute atomic E-state index is 0.0541. The Kier molecular flexibility index (Phi) is 4.97. The maximum absolute atomic E-state index is 6.35. The quantitative estimate of drug-likeness (QED) is 0.519. The molecule has 3 nitrogen and oxygen atoms in total. The van der Waals surface area contributed by atoms with Gasteiger partial charge in [0.05, 0.1) is 9.26 Å². The van der Waals surface area contributed by atoms with Crippen LogP contribution in [0.15, 0.2) is 0 Å². The Morgan fingerprint density at radius 3 is 2.25 bits per heavy atom. The first-order valence-corrected chi connectivity index (χ1v) is 8.55. The molecule has 0 aliphatic heterocycles. The van der Waals surface area contributed by atoms with Gasteiger partial charge in [-0.3, -0.25) is 0 Å². The van der Waals surface area contributed by atoms with Gasteiger partial charge in [-0.05, 0) is 35.4 Å². The first kappa shape index (κ1) is 16.4. The van der Waals surface area contributed by atoms with Crippen molar-refractivity contribution in [2.45, 2.75) is 63.9 Å². The van der Waals surface area contributed by atoms with Gasteiger partial charge in [0, 0.05) is 12.5 Å². The fourth-order valence-corrected chi connectivity index (χ4v) is 3.98. The normalized spacial score (nSPS) is 19.1. The predicted octanol–water partition coefficient (Wildman–Crippen LogP) is 4.84. The third-order valence-corrected chi connectivity index (χ3v) is 5.59. The summed E-state index contributed by atoms with van der Waals surface area (Å²) in [6.45, 7) is 6.45. The Bertz CT molecular complexity index is 493. The van der Waals surface area contributed by atoms with E-state index >= 15 is 0 Å². The molecule has 0 N–H and O–H groups in total. The Morgan fingerprint density at radius 1 is 1.15 bits per heavy atom. The van der Waals surface area contributed by atoms with E-state index in [-0.39, 0.29) is 11.0 Å². The van der Waals surface area contributed by atoms with Crippen LogP contribution in [0.25, 0.3) is 0 Å². The lowest BCUT2D eigenvalue weighted by Gasteiger charge is -2.35. The summed E-state index contributed by atoms with van der Waals surface area (Å²) < 4.78 is 6.79. The molecule has 1 saturated carbocycles. The van der Waals surface area contributed by atoms with Crippen molar-refractivity contribution >= 4 is 34.2 Å². The number of hydrogen-bond acceptors (Lipinski definition) is 3. The topological polar surface area (TPSA) is 35.0 Å². The van der Waals surface area contributed by atoms with E-state index in [2.05, 4.69) is 48.3 Å². The smallest absolute Gasteiger partial charge is 0.162 e. The minimum Gasteiger partial charge on any atom is -0.370 e. The van der Waals surface area contributed by atoms with Crippen molar-refractivity contribution in [3.63, 3.8) is 0 Å². The van der Waals surface area contributed by atoms with Crippen LogP contribution in [0.1, 0.15) is 64.4 Å². The third kappa shape index (κ3) is 3.12. The first-order valence-electron chi connectivity index (χ1n) is 7.09. The molecule has 1 aliphatic rings. The van der Waals surface area contributed by atoms with Crippen molar-refractivity contribution in [2.24, 2.45) is 0 Å². The molecule has 0 amide bonds. The van der Waals surface area contributed by atoms with Gasteiger partial charge in [0.25, 0.3) is 0 Å². The fourth-order valence-electron chi connectivity index (χ4n) is 2.76. The van der Waals surface area contributed by atoms with Gasteiger partial charge < -0.3 is 4.74 Å². The summed E-state index contributed by atoms with van der Waals surface area (Å²) in [6, 6.07) is 0. The number of nitrogens with zero attached hydrogens (tertiary/aromatic N) is 2. The van der Waals surface area contributed by atoms with Gasteiger partial charge in [-0.2, -0.15) is 0 Å². The maximum atomic E-state index is 6.35. The SMILES string of the molecule is COC1(c2nc(Cl)c(I)c(C(C)(C)C)n2)CCCCC1. The molecule has 0 saturated heterocycles. The second-order valence-corrected chi connectivity index (χ2v) is 7.95. The minimum atomic E-state index is -0.355. The van der Waals surface area contributed by atoms with Crippen LogP contribution in [0.5, 0.6) is 0 Å². The number of aromatic nitrogens is 2. The number of halogens is 2. The molecule has 0 atom stereocenters. The van der Waals surface area contributed by atoms with Gasteiger partial charge in [-0.15, -0.1) is 0 Å². The highest BCUT2D eigenvalue weighted by Gasteiger charge is 2.38. The lowest BCUT2D eigenvalue weighted by molar-refractivity contribution is -0.0517. The van der Waals surface area contributed by atoms with Crippen LogP contribution in [0, 0.1) is 3.57 Å². The van der Waals surface area contributed by atoms with Crippen LogP contribution in [0.3, 0.4) is 0 Å². The second kappa shape index (κ2) is 6.05. The molecular formula is C15H22ClIN2O. The van der Waals surface area contributed by atoms with Crippen LogP contribution < -0.4 is 0 Å². The van der Waals surface area contributed by atoms with Crippen LogP contribution >= 0.6 is 34.2 Å². The zero-order valence-electron chi connectivity index (χ0n) is 12.6. The van der Waals surface area contributed by atoms with E-state index in [4.69, 9.17) is 21.3 Å². The van der Waals surface area contributed by atoms with Gasteiger partial charge in [-0.1, -0.05) is 51.6 Å². The Balaban J connectivity index is 2.54. The summed E-state index contributed by atoms with van der Waals surface area (Å²) in [5, 5.41) is 0.544. The van der Waals surface area contributed by atoms with Gasteiger partial charge in [-0.25, -0.2) is 9.97 Å². The van der Waals surface area contributed by atoms with Crippen LogP contribution in [-0.4, -0.2) is 17.1 Å². The molecule has 0 spiro atoms. The molecule has 5 heteroatoms. The lowest BCUT2D eigenvalue weighted by atomic mass is 9.83. The molecule has 0 aromatic carbocycles. The third-order valence-electron chi connectivity index (χ3n) is 3.98. The van der Waals surface area contributed by atoms with Crippen LogP contribution in [0.2, 0.25) is 5.15 Å². The zero-order chi connectivity index (χ0) is 15.0. The second-order valence-electron chi connectivity index (χ2n) is 6.51. The molecule has 1 heterocycles. The van der Waals surface area contributed by atoms with E-state index in [0.717, 1.165) is 40.8 Å². The van der Waals surface area contributed by atoms with E-state index in [1.165, 1.54) is 6.42 Å². The van der Waals surface area contributed by atoms with Crippen molar-refractivity contribution in [3.05, 3.63) is 20.2 Å². The molecule has 112 valence electrons. The molecule has 1 aromatic rings. The number of ether oxygens (including phenoxy) is 1. The average molecular weight is 409 g/mol. The molecule has 1 fully saturated rings. The molecule has 20 heavy (non-hydrogen) atoms. The summed E-state index contributed by atoms with van der Waals surface area (Å²) in [5.41, 5.74) is 0.600. The average Bonchev–Trinajstić information content (AvgIpc) is 2.41. The monoisotopic (exact) mass is 408 g/mol. The highest BCUT2D eigenvalue weighted by atomic mass is 127. The fraction of sp³-hybridized carbons (Fsp3) is 0.733. The van der Waals surface area contributed by atoms with E-state index in [1.807, 2.05) is 0 Å². The van der Waals surface area contributed by atoms with E-state index in [9.17, 15) is 0 Å². The number of methoxy groups -OCH3 is 1. The van der Waals surface area contributed by atoms with Crippen LogP contribution in [0.4, 0.5) is 0 Å². The van der Waals surface area contributed by atoms with Gasteiger partial charge >= 0.3 is 0 Å². The number of rotatable bonds is 2. The summed E-state index contributed by atoms with van der Waals surface area (Å²) in [5.74, 6) is 0.759. The number of hydrogen-bond donors (Lipinski definition) is 0. The largest absolute Gasteiger partial charge is 0.370 e. The summed E-state index contributed by atoms with van der Waals surface area (Å²) in [6.07, 6.45) is 5.53. The van der Waals surface area contributed by atoms with Gasteiger partial charge in [0.2, 0.25) is 0 Å². The Hall–Kier alpha value is 0.0600. The van der Waals surface area contributed by atoms with Crippen molar-refractivity contribution in [3.8, 4) is 0 Å². The van der Waals surface area contributed by atoms with E-state index < -0.39 is 0 Å².